The van der Waals surface area contributed by atoms with Gasteiger partial charge in [-0.05, 0) is 6.07 Å². The topological polar surface area (TPSA) is 46.2 Å². The zero-order chi connectivity index (χ0) is 8.72. The minimum absolute atomic E-state index is 0.284. The summed E-state index contributed by atoms with van der Waals surface area (Å²) in [6.45, 7) is 0. The standard InChI is InChI=1S/C8H6BNO2/c9-5-3-1-2-4-6(5)8(12)10-7(4)11/h1-3H,9H2,(H,10,11,12). The van der Waals surface area contributed by atoms with E-state index in [0.29, 0.717) is 11.1 Å². The van der Waals surface area contributed by atoms with Crippen molar-refractivity contribution in [3.63, 3.8) is 0 Å². The number of hydrogen-bond donors (Lipinski definition) is 1. The summed E-state index contributed by atoms with van der Waals surface area (Å²) in [6.07, 6.45) is 0. The van der Waals surface area contributed by atoms with Gasteiger partial charge >= 0.3 is 0 Å². The fraction of sp³-hybridized carbons (Fsp3) is 0. The normalized spacial score (nSPS) is 14.3. The number of amides is 2. The van der Waals surface area contributed by atoms with E-state index in [1.165, 1.54) is 0 Å². The van der Waals surface area contributed by atoms with Crippen LogP contribution in [0.25, 0.3) is 0 Å². The fourth-order valence-corrected chi connectivity index (χ4v) is 1.39. The molecule has 0 radical (unpaired) electrons. The Morgan fingerprint density at radius 2 is 1.92 bits per heavy atom. The molecule has 0 spiro atoms. The molecule has 1 aliphatic heterocycles. The van der Waals surface area contributed by atoms with Gasteiger partial charge in [-0.3, -0.25) is 14.9 Å². The lowest BCUT2D eigenvalue weighted by molar-refractivity contribution is 0.0880. The van der Waals surface area contributed by atoms with Crippen LogP contribution in [0.3, 0.4) is 0 Å². The van der Waals surface area contributed by atoms with Crippen molar-refractivity contribution in [2.45, 2.75) is 0 Å². The van der Waals surface area contributed by atoms with Gasteiger partial charge in [0.25, 0.3) is 11.8 Å². The molecule has 1 aliphatic rings. The molecule has 0 saturated heterocycles. The van der Waals surface area contributed by atoms with Crippen LogP contribution in [0.2, 0.25) is 0 Å². The lowest BCUT2D eigenvalue weighted by atomic mass is 9.88. The molecule has 0 saturated carbocycles. The first-order valence-corrected chi connectivity index (χ1v) is 3.65. The Kier molecular flexibility index (Phi) is 1.30. The third kappa shape index (κ3) is 0.779. The maximum Gasteiger partial charge on any atom is 0.258 e. The van der Waals surface area contributed by atoms with Crippen molar-refractivity contribution in [2.75, 3.05) is 0 Å². The Bertz CT molecular complexity index is 387. The lowest BCUT2D eigenvalue weighted by Gasteiger charge is -1.96. The van der Waals surface area contributed by atoms with Crippen LogP contribution in [-0.4, -0.2) is 19.7 Å². The molecule has 2 amide bonds. The van der Waals surface area contributed by atoms with E-state index >= 15 is 0 Å². The van der Waals surface area contributed by atoms with E-state index < -0.39 is 0 Å². The molecule has 0 unspecified atom stereocenters. The number of nitrogens with one attached hydrogen (secondary N) is 1. The van der Waals surface area contributed by atoms with Gasteiger partial charge in [-0.1, -0.05) is 17.6 Å². The number of hydrogen-bond acceptors (Lipinski definition) is 2. The second-order valence-corrected chi connectivity index (χ2v) is 2.78. The van der Waals surface area contributed by atoms with Crippen molar-refractivity contribution in [3.8, 4) is 0 Å². The average Bonchev–Trinajstić information content (AvgIpc) is 2.29. The van der Waals surface area contributed by atoms with Gasteiger partial charge in [-0.2, -0.15) is 0 Å². The molecule has 1 heterocycles. The molecule has 0 bridgehead atoms. The molecule has 0 fully saturated rings. The molecule has 4 heteroatoms. The van der Waals surface area contributed by atoms with Gasteiger partial charge in [0.15, 0.2) is 0 Å². The van der Waals surface area contributed by atoms with Gasteiger partial charge < -0.3 is 0 Å². The van der Waals surface area contributed by atoms with E-state index in [-0.39, 0.29) is 11.8 Å². The lowest BCUT2D eigenvalue weighted by Crippen LogP contribution is -2.22. The summed E-state index contributed by atoms with van der Waals surface area (Å²) < 4.78 is 0. The molecule has 1 aromatic rings. The molecule has 2 rings (SSSR count). The predicted octanol–water partition coefficient (Wildman–Crippen LogP) is -1.17. The molecule has 0 aromatic heterocycles. The Hall–Kier alpha value is -1.58. The van der Waals surface area contributed by atoms with Crippen LogP contribution in [0.15, 0.2) is 18.2 Å². The summed E-state index contributed by atoms with van der Waals surface area (Å²) in [4.78, 5) is 22.3. The highest BCUT2D eigenvalue weighted by Crippen LogP contribution is 2.11. The Morgan fingerprint density at radius 1 is 1.17 bits per heavy atom. The molecule has 1 aromatic carbocycles. The van der Waals surface area contributed by atoms with Crippen LogP contribution in [0.5, 0.6) is 0 Å². The van der Waals surface area contributed by atoms with Gasteiger partial charge in [-0.25, -0.2) is 0 Å². The molecule has 12 heavy (non-hydrogen) atoms. The van der Waals surface area contributed by atoms with Gasteiger partial charge in [0.1, 0.15) is 7.85 Å². The zero-order valence-electron chi connectivity index (χ0n) is 6.55. The Labute approximate surface area is 70.2 Å². The van der Waals surface area contributed by atoms with Gasteiger partial charge in [0.2, 0.25) is 0 Å². The number of imide groups is 1. The molecule has 58 valence electrons. The van der Waals surface area contributed by atoms with Crippen molar-refractivity contribution in [3.05, 3.63) is 29.3 Å². The second-order valence-electron chi connectivity index (χ2n) is 2.78. The van der Waals surface area contributed by atoms with E-state index in [4.69, 9.17) is 0 Å². The average molecular weight is 159 g/mol. The number of carbonyl (C=O) groups is 2. The number of benzene rings is 1. The van der Waals surface area contributed by atoms with E-state index in [1.54, 1.807) is 12.1 Å². The molecule has 0 atom stereocenters. The molecular formula is C8H6BNO2. The molecule has 0 aliphatic carbocycles. The zero-order valence-corrected chi connectivity index (χ0v) is 6.55. The first kappa shape index (κ1) is 7.09. The third-order valence-electron chi connectivity index (χ3n) is 1.97. The second kappa shape index (κ2) is 2.20. The third-order valence-corrected chi connectivity index (χ3v) is 1.97. The molecule has 3 nitrogen and oxygen atoms in total. The van der Waals surface area contributed by atoms with Gasteiger partial charge in [0, 0.05) is 5.56 Å². The molecule has 1 N–H and O–H groups in total. The Balaban J connectivity index is 2.75. The Morgan fingerprint density at radius 3 is 2.58 bits per heavy atom. The van der Waals surface area contributed by atoms with Crippen molar-refractivity contribution in [2.24, 2.45) is 0 Å². The highest BCUT2D eigenvalue weighted by molar-refractivity contribution is 6.40. The summed E-state index contributed by atoms with van der Waals surface area (Å²) >= 11 is 0. The van der Waals surface area contributed by atoms with Crippen LogP contribution in [-0.2, 0) is 0 Å². The summed E-state index contributed by atoms with van der Waals surface area (Å²) in [5.74, 6) is -0.577. The van der Waals surface area contributed by atoms with Gasteiger partial charge in [0.05, 0.1) is 5.56 Å². The number of rotatable bonds is 0. The summed E-state index contributed by atoms with van der Waals surface area (Å²) in [5, 5.41) is 2.25. The summed E-state index contributed by atoms with van der Waals surface area (Å²) in [6, 6.07) is 5.24. The van der Waals surface area contributed by atoms with Crippen LogP contribution < -0.4 is 10.8 Å². The maximum atomic E-state index is 11.2. The minimum atomic E-state index is -0.293. The fourth-order valence-electron chi connectivity index (χ4n) is 1.39. The first-order chi connectivity index (χ1) is 5.70. The van der Waals surface area contributed by atoms with Crippen LogP contribution in [0.4, 0.5) is 0 Å². The van der Waals surface area contributed by atoms with E-state index in [2.05, 4.69) is 5.32 Å². The van der Waals surface area contributed by atoms with E-state index in [0.717, 1.165) is 5.46 Å². The highest BCUT2D eigenvalue weighted by atomic mass is 16.2. The van der Waals surface area contributed by atoms with Gasteiger partial charge in [-0.15, -0.1) is 0 Å². The monoisotopic (exact) mass is 159 g/mol. The van der Waals surface area contributed by atoms with Crippen LogP contribution in [0.1, 0.15) is 20.7 Å². The SMILES string of the molecule is Bc1cccc2c1C(=O)NC2=O. The summed E-state index contributed by atoms with van der Waals surface area (Å²) in [7, 11) is 1.82. The van der Waals surface area contributed by atoms with Crippen molar-refractivity contribution in [1.82, 2.24) is 5.32 Å². The highest BCUT2D eigenvalue weighted by Gasteiger charge is 2.27. The quantitative estimate of drug-likeness (QED) is 0.383. The van der Waals surface area contributed by atoms with Crippen LogP contribution in [0, 0.1) is 0 Å². The van der Waals surface area contributed by atoms with Crippen molar-refractivity contribution >= 4 is 25.1 Å². The smallest absolute Gasteiger partial charge is 0.258 e. The number of carbonyl (C=O) groups excluding carboxylic acids is 2. The predicted molar refractivity (Wildman–Crippen MR) is 46.4 cm³/mol. The van der Waals surface area contributed by atoms with Crippen LogP contribution >= 0.6 is 0 Å². The summed E-state index contributed by atoms with van der Waals surface area (Å²) in [5.41, 5.74) is 1.85. The molecular weight excluding hydrogens is 153 g/mol. The number of fused-ring (bicyclic) bond motifs is 1. The largest absolute Gasteiger partial charge is 0.288 e. The minimum Gasteiger partial charge on any atom is -0.288 e. The van der Waals surface area contributed by atoms with Crippen molar-refractivity contribution in [1.29, 1.82) is 0 Å². The maximum absolute atomic E-state index is 11.2. The van der Waals surface area contributed by atoms with Crippen molar-refractivity contribution < 1.29 is 9.59 Å². The van der Waals surface area contributed by atoms with E-state index in [1.807, 2.05) is 13.9 Å². The first-order valence-electron chi connectivity index (χ1n) is 3.65. The van der Waals surface area contributed by atoms with E-state index in [9.17, 15) is 9.59 Å².